The fraction of sp³-hybridized carbons (Fsp3) is 0.519. The van der Waals surface area contributed by atoms with Crippen LogP contribution in [0.15, 0.2) is 42.5 Å². The minimum absolute atomic E-state index is 0.0224. The van der Waals surface area contributed by atoms with E-state index in [1.165, 1.54) is 12.2 Å². The number of hydrogen-bond donors (Lipinski definition) is 4. The van der Waals surface area contributed by atoms with Gasteiger partial charge in [0, 0.05) is 25.0 Å². The van der Waals surface area contributed by atoms with E-state index in [4.69, 9.17) is 10.5 Å². The number of benzene rings is 1. The lowest BCUT2D eigenvalue weighted by atomic mass is 10.0. The topological polar surface area (TPSA) is 157 Å². The van der Waals surface area contributed by atoms with Crippen LogP contribution < -0.4 is 21.7 Å². The van der Waals surface area contributed by atoms with Crippen molar-refractivity contribution >= 4 is 40.7 Å². The molecule has 38 heavy (non-hydrogen) atoms. The fourth-order valence-electron chi connectivity index (χ4n) is 3.53. The summed E-state index contributed by atoms with van der Waals surface area (Å²) >= 11 is 1.07. The Labute approximate surface area is 228 Å². The SMILES string of the molecule is CCOC(=O)/C=C/[C@H](CCC(N)=O)NC(=O)[C@H](Cc1ccccc1)NC(=O)[C@H](CC(C)C)NC(=O)SCC. The standard InChI is InChI=1S/C27H40N4O6S/c1-5-37-24(33)15-13-20(12-14-23(28)32)29-25(34)22(17-19-10-8-7-9-11-19)30-26(35)21(16-18(3)4)31-27(36)38-6-2/h7-11,13,15,18,20-22H,5-6,12,14,16-17H2,1-4H3,(H2,28,32)(H,29,34)(H,30,35)(H,31,36)/b15-13+/t20-,21-,22-/m0/s1. The molecule has 5 N–H and O–H groups in total. The summed E-state index contributed by atoms with van der Waals surface area (Å²) in [5.74, 6) is -1.45. The van der Waals surface area contributed by atoms with Gasteiger partial charge in [-0.2, -0.15) is 0 Å². The van der Waals surface area contributed by atoms with Crippen LogP contribution in [0.25, 0.3) is 0 Å². The number of hydrogen-bond acceptors (Lipinski definition) is 7. The number of esters is 1. The number of nitrogens with one attached hydrogen (secondary N) is 3. The number of carbonyl (C=O) groups is 5. The van der Waals surface area contributed by atoms with Crippen molar-refractivity contribution in [3.63, 3.8) is 0 Å². The van der Waals surface area contributed by atoms with Gasteiger partial charge in [-0.25, -0.2) is 4.79 Å². The first-order valence-corrected chi connectivity index (χ1v) is 13.7. The summed E-state index contributed by atoms with van der Waals surface area (Å²) in [6.07, 6.45) is 3.33. The monoisotopic (exact) mass is 548 g/mol. The van der Waals surface area contributed by atoms with Crippen LogP contribution in [0.2, 0.25) is 0 Å². The van der Waals surface area contributed by atoms with E-state index in [0.717, 1.165) is 17.3 Å². The minimum Gasteiger partial charge on any atom is -0.463 e. The van der Waals surface area contributed by atoms with E-state index in [9.17, 15) is 24.0 Å². The van der Waals surface area contributed by atoms with Gasteiger partial charge in [-0.1, -0.05) is 68.9 Å². The average molecular weight is 549 g/mol. The Hall–Kier alpha value is -3.34. The Balaban J connectivity index is 3.15. The Morgan fingerprint density at radius 2 is 1.63 bits per heavy atom. The molecule has 0 bridgehead atoms. The second-order valence-electron chi connectivity index (χ2n) is 9.03. The van der Waals surface area contributed by atoms with Gasteiger partial charge in [0.1, 0.15) is 12.1 Å². The van der Waals surface area contributed by atoms with E-state index in [1.807, 2.05) is 51.1 Å². The zero-order chi connectivity index (χ0) is 28.5. The molecule has 0 aliphatic carbocycles. The summed E-state index contributed by atoms with van der Waals surface area (Å²) in [7, 11) is 0. The number of rotatable bonds is 16. The fourth-order valence-corrected chi connectivity index (χ4v) is 4.02. The first kappa shape index (κ1) is 32.7. The molecule has 1 aromatic carbocycles. The summed E-state index contributed by atoms with van der Waals surface area (Å²) < 4.78 is 4.89. The van der Waals surface area contributed by atoms with Crippen molar-refractivity contribution < 1.29 is 28.7 Å². The Morgan fingerprint density at radius 3 is 2.21 bits per heavy atom. The zero-order valence-electron chi connectivity index (χ0n) is 22.5. The van der Waals surface area contributed by atoms with Crippen LogP contribution in [0.3, 0.4) is 0 Å². The smallest absolute Gasteiger partial charge is 0.330 e. The van der Waals surface area contributed by atoms with E-state index in [1.54, 1.807) is 6.92 Å². The predicted molar refractivity (Wildman–Crippen MR) is 148 cm³/mol. The highest BCUT2D eigenvalue weighted by Gasteiger charge is 2.28. The Morgan fingerprint density at radius 1 is 0.974 bits per heavy atom. The van der Waals surface area contributed by atoms with Crippen molar-refractivity contribution in [3.8, 4) is 0 Å². The van der Waals surface area contributed by atoms with E-state index < -0.39 is 41.8 Å². The van der Waals surface area contributed by atoms with Crippen molar-refractivity contribution in [1.82, 2.24) is 16.0 Å². The van der Waals surface area contributed by atoms with Crippen molar-refractivity contribution in [1.29, 1.82) is 0 Å². The molecule has 0 heterocycles. The molecular formula is C27H40N4O6S. The molecule has 1 rings (SSSR count). The molecule has 11 heteroatoms. The second kappa shape index (κ2) is 18.0. The molecule has 10 nitrogen and oxygen atoms in total. The lowest BCUT2D eigenvalue weighted by Gasteiger charge is -2.25. The van der Waals surface area contributed by atoms with E-state index in [0.29, 0.717) is 12.2 Å². The minimum atomic E-state index is -0.984. The highest BCUT2D eigenvalue weighted by Crippen LogP contribution is 2.11. The second-order valence-corrected chi connectivity index (χ2v) is 10.3. The molecule has 0 radical (unpaired) electrons. The van der Waals surface area contributed by atoms with Crippen LogP contribution in [0.5, 0.6) is 0 Å². The third-order valence-corrected chi connectivity index (χ3v) is 5.96. The van der Waals surface area contributed by atoms with Crippen molar-refractivity contribution in [2.45, 2.75) is 71.5 Å². The average Bonchev–Trinajstić information content (AvgIpc) is 2.85. The summed E-state index contributed by atoms with van der Waals surface area (Å²) in [4.78, 5) is 62.0. The highest BCUT2D eigenvalue weighted by atomic mass is 32.2. The van der Waals surface area contributed by atoms with Gasteiger partial charge in [-0.05, 0) is 37.0 Å². The van der Waals surface area contributed by atoms with Gasteiger partial charge in [0.25, 0.3) is 5.24 Å². The van der Waals surface area contributed by atoms with E-state index in [-0.39, 0.29) is 37.0 Å². The number of primary amides is 1. The molecule has 4 amide bonds. The van der Waals surface area contributed by atoms with E-state index in [2.05, 4.69) is 16.0 Å². The maximum Gasteiger partial charge on any atom is 0.330 e. The number of amides is 4. The summed E-state index contributed by atoms with van der Waals surface area (Å²) in [6.45, 7) is 7.58. The first-order chi connectivity index (χ1) is 18.0. The first-order valence-electron chi connectivity index (χ1n) is 12.8. The Kier molecular flexibility index (Phi) is 15.5. The number of nitrogens with two attached hydrogens (primary N) is 1. The quantitative estimate of drug-likeness (QED) is 0.183. The van der Waals surface area contributed by atoms with Gasteiger partial charge in [-0.15, -0.1) is 0 Å². The number of ether oxygens (including phenoxy) is 1. The molecule has 0 spiro atoms. The van der Waals surface area contributed by atoms with E-state index >= 15 is 0 Å². The maximum absolute atomic E-state index is 13.4. The molecule has 0 saturated heterocycles. The molecule has 1 aromatic rings. The molecule has 0 aromatic heterocycles. The number of thioether (sulfide) groups is 1. The van der Waals surface area contributed by atoms with Crippen molar-refractivity contribution in [2.24, 2.45) is 11.7 Å². The molecule has 210 valence electrons. The molecule has 0 aliphatic rings. The molecule has 0 saturated carbocycles. The lowest BCUT2D eigenvalue weighted by Crippen LogP contribution is -2.55. The highest BCUT2D eigenvalue weighted by molar-refractivity contribution is 8.13. The van der Waals surface area contributed by atoms with Gasteiger partial charge in [0.2, 0.25) is 17.7 Å². The molecule has 0 aliphatic heterocycles. The predicted octanol–water partition coefficient (Wildman–Crippen LogP) is 2.46. The van der Waals surface area contributed by atoms with Crippen LogP contribution in [-0.4, -0.2) is 59.4 Å². The molecule has 3 atom stereocenters. The van der Waals surface area contributed by atoms with Gasteiger partial charge in [-0.3, -0.25) is 19.2 Å². The lowest BCUT2D eigenvalue weighted by molar-refractivity contribution is -0.137. The van der Waals surface area contributed by atoms with Gasteiger partial charge < -0.3 is 26.4 Å². The third-order valence-electron chi connectivity index (χ3n) is 5.29. The number of carbonyl (C=O) groups excluding carboxylic acids is 5. The van der Waals surface area contributed by atoms with Crippen LogP contribution in [0.1, 0.15) is 52.5 Å². The molecule has 0 unspecified atom stereocenters. The Bertz CT molecular complexity index is 954. The zero-order valence-corrected chi connectivity index (χ0v) is 23.3. The molecular weight excluding hydrogens is 508 g/mol. The largest absolute Gasteiger partial charge is 0.463 e. The summed E-state index contributed by atoms with van der Waals surface area (Å²) in [5.41, 5.74) is 6.09. The van der Waals surface area contributed by atoms with Crippen LogP contribution in [-0.2, 0) is 30.3 Å². The van der Waals surface area contributed by atoms with Crippen LogP contribution >= 0.6 is 11.8 Å². The van der Waals surface area contributed by atoms with Gasteiger partial charge >= 0.3 is 5.97 Å². The third kappa shape index (κ3) is 13.8. The molecule has 0 fully saturated rings. The van der Waals surface area contributed by atoms with Crippen LogP contribution in [0, 0.1) is 5.92 Å². The normalized spacial score (nSPS) is 13.4. The van der Waals surface area contributed by atoms with Crippen molar-refractivity contribution in [2.75, 3.05) is 12.4 Å². The summed E-state index contributed by atoms with van der Waals surface area (Å²) in [5, 5.41) is 8.01. The van der Waals surface area contributed by atoms with Gasteiger partial charge in [0.05, 0.1) is 6.61 Å². The van der Waals surface area contributed by atoms with Gasteiger partial charge in [0.15, 0.2) is 0 Å². The summed E-state index contributed by atoms with van der Waals surface area (Å²) in [6, 6.07) is 6.66. The van der Waals surface area contributed by atoms with Crippen molar-refractivity contribution in [3.05, 3.63) is 48.0 Å². The maximum atomic E-state index is 13.4. The van der Waals surface area contributed by atoms with Crippen LogP contribution in [0.4, 0.5) is 4.79 Å².